The Bertz CT molecular complexity index is 420. The number of hydrogen-bond donors (Lipinski definition) is 1. The first kappa shape index (κ1) is 15.2. The fraction of sp³-hybridized carbons (Fsp3) is 0.692. The van der Waals surface area contributed by atoms with Crippen molar-refractivity contribution in [3.05, 3.63) is 17.5 Å². The number of aromatic nitrogens is 2. The van der Waals surface area contributed by atoms with Gasteiger partial charge in [-0.05, 0) is 24.8 Å². The average Bonchev–Trinajstić information content (AvgIpc) is 2.52. The van der Waals surface area contributed by atoms with E-state index in [4.69, 9.17) is 0 Å². The van der Waals surface area contributed by atoms with Crippen LogP contribution in [-0.4, -0.2) is 27.1 Å². The Balaban J connectivity index is 2.49. The second-order valence-corrected chi connectivity index (χ2v) is 7.16. The summed E-state index contributed by atoms with van der Waals surface area (Å²) in [5.41, 5.74) is 1.71. The maximum atomic E-state index is 12.0. The maximum Gasteiger partial charge on any atom is 0.269 e. The molecule has 1 N–H and O–H groups in total. The van der Waals surface area contributed by atoms with Crippen LogP contribution in [-0.2, 0) is 7.05 Å². The summed E-state index contributed by atoms with van der Waals surface area (Å²) < 4.78 is 1.61. The molecular weight excluding hydrogens is 294 g/mol. The molecule has 0 aliphatic rings. The third-order valence-electron chi connectivity index (χ3n) is 2.55. The second kappa shape index (κ2) is 5.87. The fourth-order valence-electron chi connectivity index (χ4n) is 1.85. The van der Waals surface area contributed by atoms with Gasteiger partial charge in [-0.25, -0.2) is 0 Å². The predicted molar refractivity (Wildman–Crippen MR) is 77.1 cm³/mol. The maximum absolute atomic E-state index is 12.0. The number of nitrogens with zero attached hydrogens (tertiary/aromatic N) is 2. The minimum atomic E-state index is -0.0727. The quantitative estimate of drug-likeness (QED) is 0.868. The molecule has 1 aromatic rings. The zero-order valence-electron chi connectivity index (χ0n) is 11.7. The molecule has 1 unspecified atom stereocenters. The van der Waals surface area contributed by atoms with E-state index in [1.54, 1.807) is 17.8 Å². The number of nitrogens with one attached hydrogen (secondary N) is 1. The van der Waals surface area contributed by atoms with Gasteiger partial charge in [0, 0.05) is 18.4 Å². The number of carbonyl (C=O) groups excluding carboxylic acids is 1. The lowest BCUT2D eigenvalue weighted by Gasteiger charge is -2.22. The van der Waals surface area contributed by atoms with Crippen LogP contribution in [0.5, 0.6) is 0 Å². The van der Waals surface area contributed by atoms with Crippen LogP contribution in [0.3, 0.4) is 0 Å². The molecule has 0 saturated heterocycles. The van der Waals surface area contributed by atoms with Gasteiger partial charge < -0.3 is 5.32 Å². The molecule has 0 aliphatic carbocycles. The normalized spacial score (nSPS) is 13.4. The first-order chi connectivity index (χ1) is 8.19. The first-order valence-electron chi connectivity index (χ1n) is 6.12. The minimum Gasteiger partial charge on any atom is -0.350 e. The van der Waals surface area contributed by atoms with Crippen LogP contribution < -0.4 is 5.32 Å². The molecule has 18 heavy (non-hydrogen) atoms. The SMILES string of the molecule is Cc1cc(C(=O)NCC(Br)CC(C)(C)C)n(C)n1. The van der Waals surface area contributed by atoms with Gasteiger partial charge in [0.05, 0.1) is 5.69 Å². The van der Waals surface area contributed by atoms with Crippen molar-refractivity contribution in [3.63, 3.8) is 0 Å². The van der Waals surface area contributed by atoms with Gasteiger partial charge in [0.2, 0.25) is 0 Å². The summed E-state index contributed by atoms with van der Waals surface area (Å²) in [6.45, 7) is 9.07. The summed E-state index contributed by atoms with van der Waals surface area (Å²) >= 11 is 3.60. The molecule has 5 heteroatoms. The highest BCUT2D eigenvalue weighted by molar-refractivity contribution is 9.09. The van der Waals surface area contributed by atoms with Gasteiger partial charge in [-0.3, -0.25) is 9.48 Å². The highest BCUT2D eigenvalue weighted by Gasteiger charge is 2.18. The molecular formula is C13H22BrN3O. The molecule has 102 valence electrons. The van der Waals surface area contributed by atoms with Crippen molar-refractivity contribution < 1.29 is 4.79 Å². The Labute approximate surface area is 117 Å². The van der Waals surface area contributed by atoms with Crippen LogP contribution in [0.25, 0.3) is 0 Å². The lowest BCUT2D eigenvalue weighted by atomic mass is 9.90. The highest BCUT2D eigenvalue weighted by atomic mass is 79.9. The smallest absolute Gasteiger partial charge is 0.269 e. The Morgan fingerprint density at radius 2 is 2.17 bits per heavy atom. The second-order valence-electron chi connectivity index (χ2n) is 5.87. The van der Waals surface area contributed by atoms with Crippen LogP contribution in [0.2, 0.25) is 0 Å². The molecule has 1 heterocycles. The summed E-state index contributed by atoms with van der Waals surface area (Å²) in [5, 5.41) is 7.09. The van der Waals surface area contributed by atoms with Gasteiger partial charge in [0.15, 0.2) is 0 Å². The Morgan fingerprint density at radius 1 is 1.56 bits per heavy atom. The van der Waals surface area contributed by atoms with Crippen molar-refractivity contribution in [2.45, 2.75) is 38.9 Å². The number of halogens is 1. The van der Waals surface area contributed by atoms with E-state index in [0.29, 0.717) is 12.2 Å². The van der Waals surface area contributed by atoms with Crippen LogP contribution >= 0.6 is 15.9 Å². The number of carbonyl (C=O) groups is 1. The van der Waals surface area contributed by atoms with E-state index in [2.05, 4.69) is 47.1 Å². The monoisotopic (exact) mass is 315 g/mol. The lowest BCUT2D eigenvalue weighted by Crippen LogP contribution is -2.32. The van der Waals surface area contributed by atoms with Gasteiger partial charge >= 0.3 is 0 Å². The summed E-state index contributed by atoms with van der Waals surface area (Å²) in [6.07, 6.45) is 1.01. The van der Waals surface area contributed by atoms with E-state index in [1.807, 2.05) is 6.92 Å². The zero-order valence-corrected chi connectivity index (χ0v) is 13.3. The van der Waals surface area contributed by atoms with Crippen molar-refractivity contribution in [3.8, 4) is 0 Å². The van der Waals surface area contributed by atoms with E-state index < -0.39 is 0 Å². The van der Waals surface area contributed by atoms with Crippen LogP contribution in [0.15, 0.2) is 6.07 Å². The molecule has 1 amide bonds. The van der Waals surface area contributed by atoms with Gasteiger partial charge in [0.1, 0.15) is 5.69 Å². The number of aryl methyl sites for hydroxylation is 2. The third-order valence-corrected chi connectivity index (χ3v) is 3.20. The van der Waals surface area contributed by atoms with E-state index >= 15 is 0 Å². The third kappa shape index (κ3) is 4.80. The molecule has 4 nitrogen and oxygen atoms in total. The molecule has 1 atom stereocenters. The van der Waals surface area contributed by atoms with Crippen molar-refractivity contribution in [2.75, 3.05) is 6.54 Å². The summed E-state index contributed by atoms with van der Waals surface area (Å²) in [5.74, 6) is -0.0727. The van der Waals surface area contributed by atoms with Crippen LogP contribution in [0.4, 0.5) is 0 Å². The average molecular weight is 316 g/mol. The number of amides is 1. The number of hydrogen-bond acceptors (Lipinski definition) is 2. The lowest BCUT2D eigenvalue weighted by molar-refractivity contribution is 0.0943. The van der Waals surface area contributed by atoms with Gasteiger partial charge in [-0.1, -0.05) is 36.7 Å². The molecule has 1 rings (SSSR count). The predicted octanol–water partition coefficient (Wildman–Crippen LogP) is 2.66. The Morgan fingerprint density at radius 3 is 2.61 bits per heavy atom. The minimum absolute atomic E-state index is 0.0727. The van der Waals surface area contributed by atoms with E-state index in [0.717, 1.165) is 12.1 Å². The summed E-state index contributed by atoms with van der Waals surface area (Å²) in [4.78, 5) is 12.2. The van der Waals surface area contributed by atoms with Crippen molar-refractivity contribution in [2.24, 2.45) is 12.5 Å². The molecule has 0 radical (unpaired) electrons. The van der Waals surface area contributed by atoms with Gasteiger partial charge in [0.25, 0.3) is 5.91 Å². The Hall–Kier alpha value is -0.840. The number of rotatable bonds is 4. The van der Waals surface area contributed by atoms with Gasteiger partial charge in [-0.15, -0.1) is 0 Å². The van der Waals surface area contributed by atoms with E-state index in [9.17, 15) is 4.79 Å². The standard InChI is InChI=1S/C13H22BrN3O/c1-9-6-11(17(5)16-9)12(18)15-8-10(14)7-13(2,3)4/h6,10H,7-8H2,1-5H3,(H,15,18). The highest BCUT2D eigenvalue weighted by Crippen LogP contribution is 2.24. The van der Waals surface area contributed by atoms with Crippen molar-refractivity contribution >= 4 is 21.8 Å². The van der Waals surface area contributed by atoms with Crippen molar-refractivity contribution in [1.29, 1.82) is 0 Å². The molecule has 1 aromatic heterocycles. The first-order valence-corrected chi connectivity index (χ1v) is 7.03. The molecule has 0 aromatic carbocycles. The fourth-order valence-corrected chi connectivity index (χ4v) is 2.99. The molecule has 0 bridgehead atoms. The topological polar surface area (TPSA) is 46.9 Å². The van der Waals surface area contributed by atoms with Crippen LogP contribution in [0.1, 0.15) is 43.4 Å². The summed E-state index contributed by atoms with van der Waals surface area (Å²) in [6, 6.07) is 1.79. The molecule has 0 aliphatic heterocycles. The molecule has 0 saturated carbocycles. The van der Waals surface area contributed by atoms with E-state index in [-0.39, 0.29) is 16.1 Å². The van der Waals surface area contributed by atoms with Crippen molar-refractivity contribution in [1.82, 2.24) is 15.1 Å². The Kier molecular flexibility index (Phi) is 4.96. The van der Waals surface area contributed by atoms with Crippen LogP contribution in [0, 0.1) is 12.3 Å². The summed E-state index contributed by atoms with van der Waals surface area (Å²) in [7, 11) is 1.78. The van der Waals surface area contributed by atoms with E-state index in [1.165, 1.54) is 0 Å². The molecule has 0 spiro atoms. The molecule has 0 fully saturated rings. The number of alkyl halides is 1. The van der Waals surface area contributed by atoms with Gasteiger partial charge in [-0.2, -0.15) is 5.10 Å². The zero-order chi connectivity index (χ0) is 13.9. The largest absolute Gasteiger partial charge is 0.350 e.